The van der Waals surface area contributed by atoms with Gasteiger partial charge in [-0.2, -0.15) is 4.31 Å². The number of hydrogen-bond acceptors (Lipinski definition) is 7. The van der Waals surface area contributed by atoms with E-state index in [4.69, 9.17) is 4.74 Å². The Hall–Kier alpha value is -1.68. The molecular weight excluding hydrogens is 380 g/mol. The number of sulfonamides is 1. The third kappa shape index (κ3) is 3.89. The molecular formula is C19H30N4O4S. The molecule has 0 radical (unpaired) electrons. The van der Waals surface area contributed by atoms with Crippen molar-refractivity contribution in [3.05, 3.63) is 29.3 Å². The van der Waals surface area contributed by atoms with Crippen LogP contribution in [0.25, 0.3) is 0 Å². The summed E-state index contributed by atoms with van der Waals surface area (Å²) >= 11 is 0. The highest BCUT2D eigenvalue weighted by Crippen LogP contribution is 2.27. The molecule has 0 amide bonds. The molecule has 8 nitrogen and oxygen atoms in total. The highest BCUT2D eigenvalue weighted by atomic mass is 32.2. The lowest BCUT2D eigenvalue weighted by Gasteiger charge is -2.37. The van der Waals surface area contributed by atoms with Crippen LogP contribution in [0.5, 0.6) is 0 Å². The Balaban J connectivity index is 1.72. The molecule has 3 rings (SSSR count). The van der Waals surface area contributed by atoms with Crippen LogP contribution >= 0.6 is 0 Å². The summed E-state index contributed by atoms with van der Waals surface area (Å²) in [6, 6.07) is 5.86. The largest absolute Gasteiger partial charge is 0.466 e. The summed E-state index contributed by atoms with van der Waals surface area (Å²) in [6.07, 6.45) is 0. The zero-order valence-corrected chi connectivity index (χ0v) is 17.8. The third-order valence-electron chi connectivity index (χ3n) is 5.71. The van der Waals surface area contributed by atoms with Gasteiger partial charge in [0.15, 0.2) is 5.37 Å². The van der Waals surface area contributed by atoms with E-state index in [9.17, 15) is 13.2 Å². The van der Waals surface area contributed by atoms with Crippen LogP contribution in [-0.2, 0) is 19.6 Å². The van der Waals surface area contributed by atoms with Gasteiger partial charge >= 0.3 is 5.97 Å². The summed E-state index contributed by atoms with van der Waals surface area (Å²) in [5.41, 5.74) is 9.27. The molecule has 0 spiro atoms. The van der Waals surface area contributed by atoms with Gasteiger partial charge in [-0.3, -0.25) is 10.2 Å². The zero-order chi connectivity index (χ0) is 20.5. The number of nitrogens with one attached hydrogen (secondary N) is 2. The lowest BCUT2D eigenvalue weighted by Crippen LogP contribution is -2.55. The highest BCUT2D eigenvalue weighted by Gasteiger charge is 2.49. The van der Waals surface area contributed by atoms with E-state index < -0.39 is 27.3 Å². The number of piperazine rings is 1. The van der Waals surface area contributed by atoms with E-state index in [0.29, 0.717) is 26.2 Å². The number of anilines is 1. The minimum Gasteiger partial charge on any atom is -0.466 e. The molecule has 28 heavy (non-hydrogen) atoms. The number of hydrazine groups is 1. The van der Waals surface area contributed by atoms with E-state index in [1.807, 2.05) is 6.07 Å². The standard InChI is InChI=1S/C19H30N4O4S/c1-5-27-19(24)17-15(4)20-21-18(17)28(25,26)23-11-9-22(10-12-23)16-8-6-7-13(2)14(16)3/h6-8,15,17-18,20-21H,5,9-12H2,1-4H3. The van der Waals surface area contributed by atoms with Gasteiger partial charge in [-0.05, 0) is 44.9 Å². The third-order valence-corrected chi connectivity index (χ3v) is 7.85. The molecule has 0 aromatic heterocycles. The molecule has 0 saturated carbocycles. The molecule has 1 aromatic rings. The molecule has 3 atom stereocenters. The van der Waals surface area contributed by atoms with Crippen molar-refractivity contribution in [2.24, 2.45) is 5.92 Å². The van der Waals surface area contributed by atoms with E-state index >= 15 is 0 Å². The second kappa shape index (κ2) is 8.36. The van der Waals surface area contributed by atoms with Crippen molar-refractivity contribution in [3.8, 4) is 0 Å². The molecule has 2 aliphatic heterocycles. The quantitative estimate of drug-likeness (QED) is 0.693. The topological polar surface area (TPSA) is 91.0 Å². The first kappa shape index (κ1) is 21.0. The molecule has 156 valence electrons. The smallest absolute Gasteiger partial charge is 0.313 e. The first-order chi connectivity index (χ1) is 13.3. The van der Waals surface area contributed by atoms with Gasteiger partial charge < -0.3 is 9.64 Å². The van der Waals surface area contributed by atoms with E-state index in [-0.39, 0.29) is 12.6 Å². The SMILES string of the molecule is CCOC(=O)C1C(C)NNC1S(=O)(=O)N1CCN(c2cccc(C)c2C)CC1. The highest BCUT2D eigenvalue weighted by molar-refractivity contribution is 7.89. The maximum Gasteiger partial charge on any atom is 0.313 e. The predicted octanol–water partition coefficient (Wildman–Crippen LogP) is 0.757. The predicted molar refractivity (Wildman–Crippen MR) is 108 cm³/mol. The second-order valence-corrected chi connectivity index (χ2v) is 9.48. The van der Waals surface area contributed by atoms with Gasteiger partial charge in [0.2, 0.25) is 10.0 Å². The van der Waals surface area contributed by atoms with Crippen molar-refractivity contribution in [1.29, 1.82) is 0 Å². The Bertz CT molecular complexity index is 821. The molecule has 3 unspecified atom stereocenters. The molecule has 1 aromatic carbocycles. The minimum absolute atomic E-state index is 0.226. The lowest BCUT2D eigenvalue weighted by molar-refractivity contribution is -0.148. The summed E-state index contributed by atoms with van der Waals surface area (Å²) in [5, 5.41) is -1.02. The number of nitrogens with zero attached hydrogens (tertiary/aromatic N) is 2. The van der Waals surface area contributed by atoms with E-state index in [1.54, 1.807) is 13.8 Å². The Morgan fingerprint density at radius 3 is 2.50 bits per heavy atom. The number of ether oxygens (including phenoxy) is 1. The first-order valence-electron chi connectivity index (χ1n) is 9.75. The number of esters is 1. The van der Waals surface area contributed by atoms with Gasteiger partial charge in [-0.25, -0.2) is 13.8 Å². The van der Waals surface area contributed by atoms with Gasteiger partial charge in [0, 0.05) is 37.9 Å². The van der Waals surface area contributed by atoms with Crippen LogP contribution in [0, 0.1) is 19.8 Å². The maximum atomic E-state index is 13.2. The Morgan fingerprint density at radius 2 is 1.86 bits per heavy atom. The molecule has 0 aliphatic carbocycles. The molecule has 9 heteroatoms. The number of aryl methyl sites for hydroxylation is 1. The zero-order valence-electron chi connectivity index (χ0n) is 16.9. The molecule has 0 bridgehead atoms. The summed E-state index contributed by atoms with van der Waals surface area (Å²) in [4.78, 5) is 14.5. The van der Waals surface area contributed by atoms with Crippen molar-refractivity contribution in [2.45, 2.75) is 39.1 Å². The molecule has 2 fully saturated rings. The number of rotatable bonds is 5. The van der Waals surface area contributed by atoms with Gasteiger partial charge in [-0.1, -0.05) is 12.1 Å². The van der Waals surface area contributed by atoms with Crippen molar-refractivity contribution in [3.63, 3.8) is 0 Å². The van der Waals surface area contributed by atoms with Crippen LogP contribution in [-0.4, -0.2) is 62.9 Å². The summed E-state index contributed by atoms with van der Waals surface area (Å²) in [7, 11) is -3.70. The fraction of sp³-hybridized carbons (Fsp3) is 0.632. The van der Waals surface area contributed by atoms with Crippen molar-refractivity contribution < 1.29 is 17.9 Å². The summed E-state index contributed by atoms with van der Waals surface area (Å²) in [5.74, 6) is -1.27. The molecule has 2 saturated heterocycles. The van der Waals surface area contributed by atoms with Crippen LogP contribution in [0.1, 0.15) is 25.0 Å². The average Bonchev–Trinajstić information content (AvgIpc) is 3.07. The van der Waals surface area contributed by atoms with Crippen molar-refractivity contribution in [2.75, 3.05) is 37.7 Å². The van der Waals surface area contributed by atoms with E-state index in [2.05, 4.69) is 41.7 Å². The number of hydrogen-bond donors (Lipinski definition) is 2. The van der Waals surface area contributed by atoms with Crippen molar-refractivity contribution in [1.82, 2.24) is 15.2 Å². The van der Waals surface area contributed by atoms with Crippen LogP contribution < -0.4 is 15.8 Å². The maximum absolute atomic E-state index is 13.2. The first-order valence-corrected chi connectivity index (χ1v) is 11.3. The van der Waals surface area contributed by atoms with Gasteiger partial charge in [0.1, 0.15) is 5.92 Å². The average molecular weight is 411 g/mol. The van der Waals surface area contributed by atoms with Crippen LogP contribution in [0.15, 0.2) is 18.2 Å². The Morgan fingerprint density at radius 1 is 1.18 bits per heavy atom. The molecule has 2 aliphatic rings. The van der Waals surface area contributed by atoms with Crippen LogP contribution in [0.2, 0.25) is 0 Å². The van der Waals surface area contributed by atoms with E-state index in [0.717, 1.165) is 5.69 Å². The summed E-state index contributed by atoms with van der Waals surface area (Å²) in [6.45, 7) is 9.89. The fourth-order valence-corrected chi connectivity index (χ4v) is 5.83. The number of carbonyl (C=O) groups excluding carboxylic acids is 1. The summed E-state index contributed by atoms with van der Waals surface area (Å²) < 4.78 is 33.0. The second-order valence-electron chi connectivity index (χ2n) is 7.43. The Labute approximate surface area is 167 Å². The monoisotopic (exact) mass is 410 g/mol. The number of carbonyl (C=O) groups is 1. The Kier molecular flexibility index (Phi) is 6.28. The van der Waals surface area contributed by atoms with Gasteiger partial charge in [0.05, 0.1) is 6.61 Å². The van der Waals surface area contributed by atoms with Gasteiger partial charge in [0.25, 0.3) is 0 Å². The van der Waals surface area contributed by atoms with Gasteiger partial charge in [-0.15, -0.1) is 0 Å². The minimum atomic E-state index is -3.70. The van der Waals surface area contributed by atoms with Crippen LogP contribution in [0.3, 0.4) is 0 Å². The molecule has 2 N–H and O–H groups in total. The molecule has 2 heterocycles. The number of benzene rings is 1. The fourth-order valence-electron chi connectivity index (χ4n) is 3.90. The van der Waals surface area contributed by atoms with Crippen molar-refractivity contribution >= 4 is 21.7 Å². The normalized spacial score (nSPS) is 26.4. The van der Waals surface area contributed by atoms with E-state index in [1.165, 1.54) is 15.4 Å². The van der Waals surface area contributed by atoms with Crippen LogP contribution in [0.4, 0.5) is 5.69 Å². The lowest BCUT2D eigenvalue weighted by atomic mass is 10.0.